The largest absolute Gasteiger partial charge is 0.478 e. The summed E-state index contributed by atoms with van der Waals surface area (Å²) in [6, 6.07) is 12.9. The van der Waals surface area contributed by atoms with E-state index in [1.165, 1.54) is 0 Å². The molecule has 0 amide bonds. The van der Waals surface area contributed by atoms with Crippen LogP contribution >= 0.6 is 23.4 Å². The highest BCUT2D eigenvalue weighted by Crippen LogP contribution is 2.31. The van der Waals surface area contributed by atoms with Gasteiger partial charge in [-0.25, -0.2) is 4.79 Å². The maximum absolute atomic E-state index is 11.3. The summed E-state index contributed by atoms with van der Waals surface area (Å²) in [6.45, 7) is 0. The average molecular weight is 279 g/mol. The van der Waals surface area contributed by atoms with Crippen LogP contribution in [0.3, 0.4) is 0 Å². The quantitative estimate of drug-likeness (QED) is 0.844. The molecule has 2 aromatic rings. The molecule has 0 aliphatic carbocycles. The van der Waals surface area contributed by atoms with E-state index >= 15 is 0 Å². The lowest BCUT2D eigenvalue weighted by Crippen LogP contribution is -2.00. The number of benzene rings is 2. The molecule has 0 aromatic heterocycles. The molecule has 18 heavy (non-hydrogen) atoms. The monoisotopic (exact) mass is 278 g/mol. The Kier molecular flexibility index (Phi) is 3.94. The standard InChI is InChI=1S/C14H11ClO2S/c1-18-10-5-2-4-9(8-10)11-6-3-7-12(15)13(11)14(16)17/h2-8H,1H3,(H,16,17). The van der Waals surface area contributed by atoms with Crippen molar-refractivity contribution in [3.05, 3.63) is 53.1 Å². The number of hydrogen-bond acceptors (Lipinski definition) is 2. The van der Waals surface area contributed by atoms with Gasteiger partial charge in [0.2, 0.25) is 0 Å². The maximum Gasteiger partial charge on any atom is 0.337 e. The van der Waals surface area contributed by atoms with E-state index in [1.54, 1.807) is 30.0 Å². The molecule has 0 fully saturated rings. The molecule has 0 unspecified atom stereocenters. The van der Waals surface area contributed by atoms with Gasteiger partial charge in [-0.1, -0.05) is 35.9 Å². The molecule has 1 N–H and O–H groups in total. The van der Waals surface area contributed by atoms with Gasteiger partial charge in [-0.3, -0.25) is 0 Å². The molecule has 0 spiro atoms. The van der Waals surface area contributed by atoms with E-state index in [2.05, 4.69) is 0 Å². The summed E-state index contributed by atoms with van der Waals surface area (Å²) in [7, 11) is 0. The Morgan fingerprint density at radius 2 is 1.94 bits per heavy atom. The van der Waals surface area contributed by atoms with Crippen LogP contribution in [0.15, 0.2) is 47.4 Å². The number of aromatic carboxylic acids is 1. The lowest BCUT2D eigenvalue weighted by molar-refractivity contribution is 0.0698. The Hall–Kier alpha value is -1.45. The Morgan fingerprint density at radius 3 is 2.61 bits per heavy atom. The molecule has 0 atom stereocenters. The van der Waals surface area contributed by atoms with Crippen molar-refractivity contribution < 1.29 is 9.90 Å². The first-order valence-electron chi connectivity index (χ1n) is 5.29. The van der Waals surface area contributed by atoms with Crippen molar-refractivity contribution in [1.29, 1.82) is 0 Å². The van der Waals surface area contributed by atoms with Crippen molar-refractivity contribution >= 4 is 29.3 Å². The van der Waals surface area contributed by atoms with Gasteiger partial charge in [0.1, 0.15) is 0 Å². The number of halogens is 1. The molecular formula is C14H11ClO2S. The Labute approximate surface area is 115 Å². The van der Waals surface area contributed by atoms with Crippen molar-refractivity contribution in [3.8, 4) is 11.1 Å². The van der Waals surface area contributed by atoms with Crippen molar-refractivity contribution in [2.24, 2.45) is 0 Å². The van der Waals surface area contributed by atoms with Gasteiger partial charge < -0.3 is 5.11 Å². The topological polar surface area (TPSA) is 37.3 Å². The third-order valence-electron chi connectivity index (χ3n) is 2.61. The van der Waals surface area contributed by atoms with E-state index in [1.807, 2.05) is 30.5 Å². The summed E-state index contributed by atoms with van der Waals surface area (Å²) >= 11 is 7.58. The number of thioether (sulfide) groups is 1. The van der Waals surface area contributed by atoms with Gasteiger partial charge >= 0.3 is 5.97 Å². The number of hydrogen-bond donors (Lipinski definition) is 1. The highest BCUT2D eigenvalue weighted by atomic mass is 35.5. The molecule has 92 valence electrons. The second-order valence-corrected chi connectivity index (χ2v) is 4.99. The van der Waals surface area contributed by atoms with E-state index < -0.39 is 5.97 Å². The van der Waals surface area contributed by atoms with E-state index in [0.29, 0.717) is 5.56 Å². The minimum Gasteiger partial charge on any atom is -0.478 e. The Balaban J connectivity index is 2.63. The zero-order chi connectivity index (χ0) is 13.1. The first kappa shape index (κ1) is 13.0. The normalized spacial score (nSPS) is 10.3. The average Bonchev–Trinajstić information content (AvgIpc) is 2.38. The zero-order valence-corrected chi connectivity index (χ0v) is 11.3. The van der Waals surface area contributed by atoms with E-state index in [9.17, 15) is 9.90 Å². The van der Waals surface area contributed by atoms with Gasteiger partial charge in [-0.15, -0.1) is 11.8 Å². The van der Waals surface area contributed by atoms with Crippen LogP contribution in [0.25, 0.3) is 11.1 Å². The van der Waals surface area contributed by atoms with Crippen molar-refractivity contribution in [2.45, 2.75) is 4.90 Å². The Morgan fingerprint density at radius 1 is 1.22 bits per heavy atom. The molecule has 2 aromatic carbocycles. The van der Waals surface area contributed by atoms with Gasteiger partial charge in [0, 0.05) is 4.90 Å². The highest BCUT2D eigenvalue weighted by molar-refractivity contribution is 7.98. The second-order valence-electron chi connectivity index (χ2n) is 3.70. The lowest BCUT2D eigenvalue weighted by Gasteiger charge is -2.09. The van der Waals surface area contributed by atoms with Gasteiger partial charge in [0.15, 0.2) is 0 Å². The van der Waals surface area contributed by atoms with Crippen molar-refractivity contribution in [2.75, 3.05) is 6.26 Å². The summed E-state index contributed by atoms with van der Waals surface area (Å²) in [6.07, 6.45) is 1.98. The summed E-state index contributed by atoms with van der Waals surface area (Å²) in [5.74, 6) is -1.01. The van der Waals surface area contributed by atoms with E-state index in [4.69, 9.17) is 11.6 Å². The SMILES string of the molecule is CSc1cccc(-c2cccc(Cl)c2C(=O)O)c1. The number of carbonyl (C=O) groups is 1. The summed E-state index contributed by atoms with van der Waals surface area (Å²) < 4.78 is 0. The number of carboxylic acids is 1. The maximum atomic E-state index is 11.3. The molecule has 0 bridgehead atoms. The van der Waals surface area contributed by atoms with Gasteiger partial charge in [-0.2, -0.15) is 0 Å². The Bertz CT molecular complexity index is 596. The lowest BCUT2D eigenvalue weighted by atomic mass is 10.00. The van der Waals surface area contributed by atoms with Crippen LogP contribution in [0.2, 0.25) is 5.02 Å². The fourth-order valence-corrected chi connectivity index (χ4v) is 2.49. The molecule has 0 saturated carbocycles. The number of carboxylic acid groups (broad SMARTS) is 1. The van der Waals surface area contributed by atoms with E-state index in [-0.39, 0.29) is 10.6 Å². The van der Waals surface area contributed by atoms with Crippen LogP contribution in [0.5, 0.6) is 0 Å². The summed E-state index contributed by atoms with van der Waals surface area (Å²) in [4.78, 5) is 12.4. The first-order chi connectivity index (χ1) is 8.63. The summed E-state index contributed by atoms with van der Waals surface area (Å²) in [5.41, 5.74) is 1.66. The van der Waals surface area contributed by atoms with Gasteiger partial charge in [0.05, 0.1) is 10.6 Å². The zero-order valence-electron chi connectivity index (χ0n) is 9.68. The predicted molar refractivity (Wildman–Crippen MR) is 75.6 cm³/mol. The molecule has 0 aliphatic rings. The van der Waals surface area contributed by atoms with Gasteiger partial charge in [-0.05, 0) is 35.6 Å². The van der Waals surface area contributed by atoms with Gasteiger partial charge in [0.25, 0.3) is 0 Å². The number of rotatable bonds is 3. The third kappa shape index (κ3) is 2.52. The second kappa shape index (κ2) is 5.46. The van der Waals surface area contributed by atoms with Crippen LogP contribution in [-0.4, -0.2) is 17.3 Å². The highest BCUT2D eigenvalue weighted by Gasteiger charge is 2.15. The van der Waals surface area contributed by atoms with Crippen LogP contribution in [-0.2, 0) is 0 Å². The first-order valence-corrected chi connectivity index (χ1v) is 6.90. The minimum absolute atomic E-state index is 0.150. The van der Waals surface area contributed by atoms with Crippen LogP contribution < -0.4 is 0 Å². The molecule has 0 radical (unpaired) electrons. The van der Waals surface area contributed by atoms with Crippen molar-refractivity contribution in [1.82, 2.24) is 0 Å². The van der Waals surface area contributed by atoms with Crippen LogP contribution in [0.4, 0.5) is 0 Å². The molecular weight excluding hydrogens is 268 g/mol. The fourth-order valence-electron chi connectivity index (χ4n) is 1.77. The minimum atomic E-state index is -1.01. The van der Waals surface area contributed by atoms with Crippen LogP contribution in [0.1, 0.15) is 10.4 Å². The smallest absolute Gasteiger partial charge is 0.337 e. The molecule has 2 rings (SSSR count). The fraction of sp³-hybridized carbons (Fsp3) is 0.0714. The molecule has 2 nitrogen and oxygen atoms in total. The predicted octanol–water partition coefficient (Wildman–Crippen LogP) is 4.43. The molecule has 0 aliphatic heterocycles. The van der Waals surface area contributed by atoms with Crippen LogP contribution in [0, 0.1) is 0 Å². The molecule has 4 heteroatoms. The van der Waals surface area contributed by atoms with E-state index in [0.717, 1.165) is 10.5 Å². The molecule has 0 saturated heterocycles. The van der Waals surface area contributed by atoms with Crippen molar-refractivity contribution in [3.63, 3.8) is 0 Å². The third-order valence-corrected chi connectivity index (χ3v) is 3.65. The molecule has 0 heterocycles. The summed E-state index contributed by atoms with van der Waals surface area (Å²) in [5, 5.41) is 9.50.